The predicted molar refractivity (Wildman–Crippen MR) is 226 cm³/mol. The van der Waals surface area contributed by atoms with Crippen molar-refractivity contribution in [3.05, 3.63) is 87.9 Å². The van der Waals surface area contributed by atoms with E-state index in [1.807, 2.05) is 24.3 Å². The highest BCUT2D eigenvalue weighted by Gasteiger charge is 2.64. The van der Waals surface area contributed by atoms with Crippen LogP contribution in [0.3, 0.4) is 0 Å². The van der Waals surface area contributed by atoms with Crippen molar-refractivity contribution < 1.29 is 28.7 Å². The Kier molecular flexibility index (Phi) is 10.7. The van der Waals surface area contributed by atoms with Gasteiger partial charge in [0, 0.05) is 97.7 Å². The summed E-state index contributed by atoms with van der Waals surface area (Å²) in [7, 11) is 0. The van der Waals surface area contributed by atoms with E-state index in [9.17, 15) is 24.0 Å². The van der Waals surface area contributed by atoms with Crippen LogP contribution in [0.25, 0.3) is 0 Å². The maximum Gasteiger partial charge on any atom is 0.262 e. The molecule has 13 heteroatoms. The lowest BCUT2D eigenvalue weighted by Gasteiger charge is -2.63. The normalized spacial score (nSPS) is 24.3. The number of halogens is 1. The first-order valence-electron chi connectivity index (χ1n) is 20.6. The molecule has 59 heavy (non-hydrogen) atoms. The lowest BCUT2D eigenvalue weighted by molar-refractivity contribution is -0.164. The van der Waals surface area contributed by atoms with E-state index in [1.54, 1.807) is 24.3 Å². The number of fused-ring (bicyclic) bond motifs is 1. The molecule has 3 saturated heterocycles. The minimum absolute atomic E-state index is 0.0920. The van der Waals surface area contributed by atoms with E-state index in [1.165, 1.54) is 0 Å². The van der Waals surface area contributed by atoms with Gasteiger partial charge in [0.1, 0.15) is 17.9 Å². The number of benzene rings is 3. The van der Waals surface area contributed by atoms with Crippen LogP contribution in [0.15, 0.2) is 60.7 Å². The number of carbonyl (C=O) groups excluding carboxylic acids is 5. The molecule has 2 N–H and O–H groups in total. The van der Waals surface area contributed by atoms with Gasteiger partial charge in [-0.25, -0.2) is 0 Å². The molecule has 1 aliphatic carbocycles. The van der Waals surface area contributed by atoms with Crippen molar-refractivity contribution in [2.24, 2.45) is 16.7 Å². The number of terminal acetylenes is 1. The van der Waals surface area contributed by atoms with Crippen LogP contribution in [-0.2, 0) is 9.59 Å². The number of hydrogen-bond acceptors (Lipinski definition) is 9. The predicted octanol–water partition coefficient (Wildman–Crippen LogP) is 5.37. The summed E-state index contributed by atoms with van der Waals surface area (Å²) in [5, 5.41) is 6.02. The second-order valence-electron chi connectivity index (χ2n) is 17.8. The van der Waals surface area contributed by atoms with Gasteiger partial charge in [0.15, 0.2) is 0 Å². The molecule has 5 amide bonds. The Morgan fingerprint density at radius 3 is 2.12 bits per heavy atom. The molecule has 308 valence electrons. The van der Waals surface area contributed by atoms with Crippen LogP contribution in [0.2, 0.25) is 5.02 Å². The number of anilines is 2. The van der Waals surface area contributed by atoms with Crippen LogP contribution in [0.1, 0.15) is 90.0 Å². The molecule has 1 unspecified atom stereocenters. The van der Waals surface area contributed by atoms with E-state index in [2.05, 4.69) is 71.1 Å². The molecule has 8 rings (SSSR count). The number of rotatable bonds is 9. The van der Waals surface area contributed by atoms with Crippen molar-refractivity contribution in [2.75, 3.05) is 55.6 Å². The van der Waals surface area contributed by atoms with Crippen LogP contribution >= 0.6 is 11.6 Å². The number of amides is 5. The molecule has 3 aromatic rings. The van der Waals surface area contributed by atoms with Crippen LogP contribution in [0.5, 0.6) is 5.75 Å². The Morgan fingerprint density at radius 1 is 0.831 bits per heavy atom. The molecule has 3 aromatic carbocycles. The van der Waals surface area contributed by atoms with Gasteiger partial charge in [0.25, 0.3) is 17.7 Å². The van der Waals surface area contributed by atoms with Gasteiger partial charge in [-0.15, -0.1) is 6.42 Å². The molecule has 12 nitrogen and oxygen atoms in total. The van der Waals surface area contributed by atoms with E-state index in [4.69, 9.17) is 22.8 Å². The summed E-state index contributed by atoms with van der Waals surface area (Å²) in [4.78, 5) is 72.2. The fraction of sp³-hybridized carbons (Fsp3) is 0.457. The number of carbonyl (C=O) groups is 5. The summed E-state index contributed by atoms with van der Waals surface area (Å²) < 4.78 is 6.42. The Bertz CT molecular complexity index is 2220. The molecular weight excluding hydrogens is 768 g/mol. The highest BCUT2D eigenvalue weighted by Crippen LogP contribution is 2.55. The van der Waals surface area contributed by atoms with Gasteiger partial charge < -0.3 is 19.9 Å². The van der Waals surface area contributed by atoms with Gasteiger partial charge in [-0.3, -0.25) is 39.1 Å². The maximum absolute atomic E-state index is 13.5. The van der Waals surface area contributed by atoms with Crippen molar-refractivity contribution in [1.29, 1.82) is 0 Å². The number of piperazine rings is 1. The zero-order valence-electron chi connectivity index (χ0n) is 34.1. The summed E-state index contributed by atoms with van der Waals surface area (Å²) in [5.41, 5.74) is 3.20. The molecule has 5 aliphatic rings. The second-order valence-corrected chi connectivity index (χ2v) is 18.2. The third-order valence-electron chi connectivity index (χ3n) is 13.3. The van der Waals surface area contributed by atoms with E-state index in [-0.39, 0.29) is 41.7 Å². The first-order chi connectivity index (χ1) is 28.1. The minimum atomic E-state index is -0.973. The van der Waals surface area contributed by atoms with E-state index >= 15 is 0 Å². The number of ether oxygens (including phenoxy) is 1. The van der Waals surface area contributed by atoms with E-state index < -0.39 is 29.7 Å². The zero-order chi connectivity index (χ0) is 41.8. The fourth-order valence-electron chi connectivity index (χ4n) is 10.2. The largest absolute Gasteiger partial charge is 0.489 e. The number of nitrogens with zero attached hydrogens (tertiary/aromatic N) is 4. The van der Waals surface area contributed by atoms with Crippen molar-refractivity contribution >= 4 is 52.5 Å². The van der Waals surface area contributed by atoms with E-state index in [0.29, 0.717) is 38.9 Å². The topological polar surface area (TPSA) is 132 Å². The van der Waals surface area contributed by atoms with Gasteiger partial charge in [0.05, 0.1) is 16.1 Å². The molecule has 4 fully saturated rings. The van der Waals surface area contributed by atoms with Crippen LogP contribution in [0, 0.1) is 29.1 Å². The Hall–Kier alpha value is -5.38. The van der Waals surface area contributed by atoms with E-state index in [0.717, 1.165) is 74.9 Å². The Morgan fingerprint density at radius 2 is 1.47 bits per heavy atom. The summed E-state index contributed by atoms with van der Waals surface area (Å²) in [6.07, 6.45) is 7.77. The number of hydrogen-bond donors (Lipinski definition) is 2. The first-order valence-corrected chi connectivity index (χ1v) is 20.9. The Labute approximate surface area is 350 Å². The van der Waals surface area contributed by atoms with Crippen LogP contribution < -0.4 is 25.2 Å². The smallest absolute Gasteiger partial charge is 0.262 e. The minimum Gasteiger partial charge on any atom is -0.489 e. The van der Waals surface area contributed by atoms with Crippen molar-refractivity contribution in [2.45, 2.75) is 71.6 Å². The molecule has 4 aliphatic heterocycles. The van der Waals surface area contributed by atoms with Crippen molar-refractivity contribution in [1.82, 2.24) is 20.4 Å². The SMILES string of the molecule is C#Cc1ccc(OC2C(C)(C)C(NC(=O)c3ccc(N4CCC(CN5CCN(c6ccc7c(c6)C(=O)N(C6CCC(=O)NC6=O)C7=O)CC5)CC4)cc3)C2(C)C)cc1Cl. The number of imide groups is 2. The summed E-state index contributed by atoms with van der Waals surface area (Å²) >= 11 is 6.33. The average Bonchev–Trinajstić information content (AvgIpc) is 3.47. The fourth-order valence-corrected chi connectivity index (χ4v) is 10.5. The van der Waals surface area contributed by atoms with Gasteiger partial charge >= 0.3 is 0 Å². The van der Waals surface area contributed by atoms with Crippen molar-refractivity contribution in [3.8, 4) is 18.1 Å². The maximum atomic E-state index is 13.5. The standard InChI is InChI=1S/C46H51ClN6O6/c1-6-29-9-13-33(26-36(29)47)59-44-45(2,3)43(46(44,4)5)49-39(55)30-7-10-31(11-8-30)51-19-17-28(18-20-51)27-50-21-23-52(24-22-50)32-12-14-34-35(25-32)42(58)53(41(34)57)37-15-16-38(54)48-40(37)56/h1,7-14,25-26,28,37,43-44H,15-24,27H2,2-5H3,(H,49,55)(H,48,54,56). The summed E-state index contributed by atoms with van der Waals surface area (Å²) in [5.74, 6) is 1.74. The summed E-state index contributed by atoms with van der Waals surface area (Å²) in [6, 6.07) is 17.6. The number of piperidine rings is 2. The highest BCUT2D eigenvalue weighted by molar-refractivity contribution is 6.31. The monoisotopic (exact) mass is 818 g/mol. The zero-order valence-corrected chi connectivity index (χ0v) is 34.8. The lowest BCUT2D eigenvalue weighted by Crippen LogP contribution is -2.74. The molecule has 0 radical (unpaired) electrons. The molecule has 0 bridgehead atoms. The van der Waals surface area contributed by atoms with Crippen LogP contribution in [-0.4, -0.2) is 103 Å². The third kappa shape index (κ3) is 7.55. The van der Waals surface area contributed by atoms with Crippen molar-refractivity contribution in [3.63, 3.8) is 0 Å². The second kappa shape index (κ2) is 15.7. The van der Waals surface area contributed by atoms with Crippen LogP contribution in [0.4, 0.5) is 11.4 Å². The van der Waals surface area contributed by atoms with Gasteiger partial charge in [-0.2, -0.15) is 0 Å². The quantitative estimate of drug-likeness (QED) is 0.216. The molecule has 1 atom stereocenters. The van der Waals surface area contributed by atoms with Gasteiger partial charge in [-0.05, 0) is 79.8 Å². The highest BCUT2D eigenvalue weighted by atomic mass is 35.5. The lowest BCUT2D eigenvalue weighted by atomic mass is 9.49. The average molecular weight is 819 g/mol. The molecule has 1 saturated carbocycles. The summed E-state index contributed by atoms with van der Waals surface area (Å²) in [6.45, 7) is 14.8. The Balaban J connectivity index is 0.789. The first kappa shape index (κ1) is 40.4. The molecule has 0 spiro atoms. The molecular formula is C46H51ClN6O6. The van der Waals surface area contributed by atoms with Gasteiger partial charge in [0.2, 0.25) is 11.8 Å². The number of nitrogens with one attached hydrogen (secondary N) is 2. The van der Waals surface area contributed by atoms with Gasteiger partial charge in [-0.1, -0.05) is 45.2 Å². The molecule has 0 aromatic heterocycles. The molecule has 4 heterocycles. The third-order valence-corrected chi connectivity index (χ3v) is 13.6.